The first-order chi connectivity index (χ1) is 13.5. The molecule has 0 saturated heterocycles. The minimum atomic E-state index is -3.90. The average Bonchev–Trinajstić information content (AvgIpc) is 3.09. The van der Waals surface area contributed by atoms with Crippen LogP contribution in [0.2, 0.25) is 0 Å². The summed E-state index contributed by atoms with van der Waals surface area (Å²) in [6.45, 7) is 0. The van der Waals surface area contributed by atoms with Crippen LogP contribution >= 0.6 is 0 Å². The molecule has 0 aliphatic carbocycles. The SMILES string of the molecule is O=S(=O)(Nc1ccc2n[nH]c(/C=C/c3ccccn3)c2c1)c1cccc(F)c1. The first kappa shape index (κ1) is 17.9. The Morgan fingerprint density at radius 1 is 1.00 bits per heavy atom. The lowest BCUT2D eigenvalue weighted by molar-refractivity contribution is 0.595. The Kier molecular flexibility index (Phi) is 4.62. The van der Waals surface area contributed by atoms with Crippen LogP contribution in [-0.4, -0.2) is 23.6 Å². The largest absolute Gasteiger partial charge is 0.280 e. The Labute approximate surface area is 160 Å². The smallest absolute Gasteiger partial charge is 0.261 e. The average molecular weight is 394 g/mol. The van der Waals surface area contributed by atoms with Crippen LogP contribution in [0.3, 0.4) is 0 Å². The van der Waals surface area contributed by atoms with E-state index in [4.69, 9.17) is 0 Å². The summed E-state index contributed by atoms with van der Waals surface area (Å²) in [5.41, 5.74) is 2.54. The molecule has 0 spiro atoms. The Morgan fingerprint density at radius 3 is 2.68 bits per heavy atom. The summed E-state index contributed by atoms with van der Waals surface area (Å²) in [7, 11) is -3.90. The first-order valence-electron chi connectivity index (χ1n) is 8.37. The van der Waals surface area contributed by atoms with E-state index < -0.39 is 15.8 Å². The van der Waals surface area contributed by atoms with Gasteiger partial charge in [-0.2, -0.15) is 5.10 Å². The van der Waals surface area contributed by atoms with Gasteiger partial charge in [0.15, 0.2) is 0 Å². The van der Waals surface area contributed by atoms with Crippen molar-refractivity contribution in [3.05, 3.63) is 84.1 Å². The zero-order chi connectivity index (χ0) is 19.6. The minimum absolute atomic E-state index is 0.143. The van der Waals surface area contributed by atoms with E-state index >= 15 is 0 Å². The summed E-state index contributed by atoms with van der Waals surface area (Å²) in [5, 5.41) is 7.88. The van der Waals surface area contributed by atoms with Crippen molar-refractivity contribution in [1.82, 2.24) is 15.2 Å². The highest BCUT2D eigenvalue weighted by Crippen LogP contribution is 2.24. The number of aromatic amines is 1. The molecule has 2 aromatic heterocycles. The maximum Gasteiger partial charge on any atom is 0.261 e. The number of rotatable bonds is 5. The minimum Gasteiger partial charge on any atom is -0.280 e. The van der Waals surface area contributed by atoms with Crippen molar-refractivity contribution in [3.8, 4) is 0 Å². The van der Waals surface area contributed by atoms with E-state index in [1.165, 1.54) is 18.2 Å². The number of sulfonamides is 1. The second kappa shape index (κ2) is 7.24. The third-order valence-corrected chi connectivity index (χ3v) is 5.43. The van der Waals surface area contributed by atoms with Gasteiger partial charge in [-0.15, -0.1) is 0 Å². The lowest BCUT2D eigenvalue weighted by Gasteiger charge is -2.08. The predicted molar refractivity (Wildman–Crippen MR) is 106 cm³/mol. The fourth-order valence-electron chi connectivity index (χ4n) is 2.71. The van der Waals surface area contributed by atoms with Gasteiger partial charge >= 0.3 is 0 Å². The highest BCUT2D eigenvalue weighted by Gasteiger charge is 2.15. The van der Waals surface area contributed by atoms with Crippen molar-refractivity contribution in [2.24, 2.45) is 0 Å². The second-order valence-electron chi connectivity index (χ2n) is 6.02. The summed E-state index contributed by atoms with van der Waals surface area (Å²) in [6, 6.07) is 15.4. The molecular formula is C20H15FN4O2S. The monoisotopic (exact) mass is 394 g/mol. The second-order valence-corrected chi connectivity index (χ2v) is 7.70. The lowest BCUT2D eigenvalue weighted by atomic mass is 10.2. The van der Waals surface area contributed by atoms with E-state index in [1.54, 1.807) is 24.4 Å². The van der Waals surface area contributed by atoms with Gasteiger partial charge in [0, 0.05) is 17.3 Å². The molecular weight excluding hydrogens is 379 g/mol. The summed E-state index contributed by atoms with van der Waals surface area (Å²) < 4.78 is 40.8. The molecule has 8 heteroatoms. The van der Waals surface area contributed by atoms with Gasteiger partial charge in [0.25, 0.3) is 10.0 Å². The van der Waals surface area contributed by atoms with Gasteiger partial charge in [0.1, 0.15) is 5.82 Å². The molecule has 0 saturated carbocycles. The van der Waals surface area contributed by atoms with Gasteiger partial charge in [0.2, 0.25) is 0 Å². The van der Waals surface area contributed by atoms with E-state index in [-0.39, 0.29) is 4.90 Å². The van der Waals surface area contributed by atoms with Crippen LogP contribution in [0.4, 0.5) is 10.1 Å². The third-order valence-electron chi connectivity index (χ3n) is 4.05. The number of hydrogen-bond donors (Lipinski definition) is 2. The predicted octanol–water partition coefficient (Wildman–Crippen LogP) is 4.07. The number of halogens is 1. The van der Waals surface area contributed by atoms with Crippen molar-refractivity contribution in [2.75, 3.05) is 4.72 Å². The van der Waals surface area contributed by atoms with Crippen molar-refractivity contribution in [2.45, 2.75) is 4.90 Å². The van der Waals surface area contributed by atoms with Gasteiger partial charge in [-0.3, -0.25) is 14.8 Å². The number of pyridine rings is 1. The highest BCUT2D eigenvalue weighted by molar-refractivity contribution is 7.92. The molecule has 2 heterocycles. The maximum absolute atomic E-state index is 13.4. The zero-order valence-corrected chi connectivity index (χ0v) is 15.3. The quantitative estimate of drug-likeness (QED) is 0.534. The molecule has 4 rings (SSSR count). The highest BCUT2D eigenvalue weighted by atomic mass is 32.2. The molecule has 4 aromatic rings. The molecule has 2 N–H and O–H groups in total. The molecule has 0 atom stereocenters. The number of benzene rings is 2. The molecule has 28 heavy (non-hydrogen) atoms. The molecule has 0 amide bonds. The van der Waals surface area contributed by atoms with Crippen LogP contribution in [-0.2, 0) is 10.0 Å². The molecule has 0 aliphatic heterocycles. The standard InChI is InChI=1S/C20H15FN4O2S/c21-14-4-3-6-17(12-14)28(26,27)25-16-8-10-20-18(13-16)19(23-24-20)9-7-15-5-1-2-11-22-15/h1-13,25H,(H,23,24)/b9-7+. The number of fused-ring (bicyclic) bond motifs is 1. The number of H-pyrrole nitrogens is 1. The van der Waals surface area contributed by atoms with Crippen LogP contribution in [0.5, 0.6) is 0 Å². The fraction of sp³-hybridized carbons (Fsp3) is 0. The molecule has 6 nitrogen and oxygen atoms in total. The number of nitrogens with zero attached hydrogens (tertiary/aromatic N) is 2. The summed E-state index contributed by atoms with van der Waals surface area (Å²) in [5.74, 6) is -0.616. The fourth-order valence-corrected chi connectivity index (χ4v) is 3.79. The van der Waals surface area contributed by atoms with Gasteiger partial charge in [0.05, 0.1) is 21.8 Å². The summed E-state index contributed by atoms with van der Waals surface area (Å²) in [6.07, 6.45) is 5.35. The van der Waals surface area contributed by atoms with Gasteiger partial charge in [-0.05, 0) is 60.7 Å². The summed E-state index contributed by atoms with van der Waals surface area (Å²) >= 11 is 0. The summed E-state index contributed by atoms with van der Waals surface area (Å²) in [4.78, 5) is 4.08. The van der Waals surface area contributed by atoms with Crippen molar-refractivity contribution < 1.29 is 12.8 Å². The third kappa shape index (κ3) is 3.77. The van der Waals surface area contributed by atoms with Crippen LogP contribution in [0.1, 0.15) is 11.4 Å². The van der Waals surface area contributed by atoms with E-state index in [0.29, 0.717) is 16.9 Å². The molecule has 0 aliphatic rings. The van der Waals surface area contributed by atoms with Crippen molar-refractivity contribution >= 4 is 38.8 Å². The Bertz CT molecular complexity index is 1270. The van der Waals surface area contributed by atoms with Crippen molar-refractivity contribution in [3.63, 3.8) is 0 Å². The number of nitrogens with one attached hydrogen (secondary N) is 2. The van der Waals surface area contributed by atoms with Crippen LogP contribution in [0, 0.1) is 5.82 Å². The van der Waals surface area contributed by atoms with E-state index in [0.717, 1.165) is 17.1 Å². The number of aromatic nitrogens is 3. The molecule has 140 valence electrons. The number of anilines is 1. The number of hydrogen-bond acceptors (Lipinski definition) is 4. The Balaban J connectivity index is 1.65. The van der Waals surface area contributed by atoms with Crippen molar-refractivity contribution in [1.29, 1.82) is 0 Å². The molecule has 0 bridgehead atoms. The molecule has 0 unspecified atom stereocenters. The molecule has 2 aromatic carbocycles. The lowest BCUT2D eigenvalue weighted by Crippen LogP contribution is -2.13. The van der Waals surface area contributed by atoms with Crippen LogP contribution in [0.25, 0.3) is 23.1 Å². The van der Waals surface area contributed by atoms with Crippen LogP contribution < -0.4 is 4.72 Å². The zero-order valence-electron chi connectivity index (χ0n) is 14.5. The Hall–Kier alpha value is -3.52. The van der Waals surface area contributed by atoms with Crippen LogP contribution in [0.15, 0.2) is 71.8 Å². The van der Waals surface area contributed by atoms with Gasteiger partial charge in [-0.1, -0.05) is 12.1 Å². The normalized spacial score (nSPS) is 11.9. The van der Waals surface area contributed by atoms with Gasteiger partial charge < -0.3 is 0 Å². The maximum atomic E-state index is 13.4. The topological polar surface area (TPSA) is 87.7 Å². The first-order valence-corrected chi connectivity index (χ1v) is 9.85. The Morgan fingerprint density at radius 2 is 1.89 bits per heavy atom. The van der Waals surface area contributed by atoms with E-state index in [2.05, 4.69) is 19.9 Å². The van der Waals surface area contributed by atoms with E-state index in [9.17, 15) is 12.8 Å². The van der Waals surface area contributed by atoms with E-state index in [1.807, 2.05) is 30.4 Å². The molecule has 0 fully saturated rings. The molecule has 0 radical (unpaired) electrons. The van der Waals surface area contributed by atoms with Gasteiger partial charge in [-0.25, -0.2) is 12.8 Å².